The van der Waals surface area contributed by atoms with Crippen molar-refractivity contribution >= 4 is 17.6 Å². The van der Waals surface area contributed by atoms with Crippen LogP contribution in [0, 0.1) is 18.2 Å². The van der Waals surface area contributed by atoms with Gasteiger partial charge in [-0.2, -0.15) is 0 Å². The highest BCUT2D eigenvalue weighted by molar-refractivity contribution is 7.99. The molecule has 0 aromatic heterocycles. The second-order valence-corrected chi connectivity index (χ2v) is 5.79. The minimum Gasteiger partial charge on any atom is -0.456 e. The van der Waals surface area contributed by atoms with Gasteiger partial charge in [0.1, 0.15) is 23.2 Å². The lowest BCUT2D eigenvalue weighted by molar-refractivity contribution is 0.473. The third kappa shape index (κ3) is 3.55. The summed E-state index contributed by atoms with van der Waals surface area (Å²) < 4.78 is 19.3. The van der Waals surface area contributed by atoms with E-state index in [0.29, 0.717) is 22.6 Å². The summed E-state index contributed by atoms with van der Waals surface area (Å²) >= 11 is 1.59. The van der Waals surface area contributed by atoms with Gasteiger partial charge in [-0.3, -0.25) is 5.41 Å². The lowest BCUT2D eigenvalue weighted by Gasteiger charge is -2.14. The first-order chi connectivity index (χ1) is 10.0. The number of hydrogen-bond donors (Lipinski definition) is 2. The van der Waals surface area contributed by atoms with Crippen molar-refractivity contribution in [3.63, 3.8) is 0 Å². The minimum atomic E-state index is -0.323. The standard InChI is InChI=1S/C16H17FN2OS/c1-3-21-14-6-4-5-13(15(14)16(18)19)20-11-8-7-10(2)12(17)9-11/h4-9H,3H2,1-2H3,(H3,18,19). The number of aryl methyl sites for hydroxylation is 1. The van der Waals surface area contributed by atoms with Gasteiger partial charge >= 0.3 is 0 Å². The number of amidine groups is 1. The van der Waals surface area contributed by atoms with Gasteiger partial charge in [0.05, 0.1) is 5.56 Å². The van der Waals surface area contributed by atoms with Gasteiger partial charge in [0.25, 0.3) is 0 Å². The molecule has 21 heavy (non-hydrogen) atoms. The molecule has 0 atom stereocenters. The molecule has 0 aliphatic rings. The van der Waals surface area contributed by atoms with Crippen LogP contribution in [0.3, 0.4) is 0 Å². The van der Waals surface area contributed by atoms with E-state index in [9.17, 15) is 4.39 Å². The summed E-state index contributed by atoms with van der Waals surface area (Å²) in [5.74, 6) is 1.33. The molecule has 0 heterocycles. The molecule has 5 heteroatoms. The first kappa shape index (κ1) is 15.4. The second-order valence-electron chi connectivity index (χ2n) is 4.49. The fourth-order valence-electron chi connectivity index (χ4n) is 1.90. The van der Waals surface area contributed by atoms with E-state index >= 15 is 0 Å². The Bertz CT molecular complexity index is 673. The number of benzene rings is 2. The lowest BCUT2D eigenvalue weighted by Crippen LogP contribution is -2.13. The van der Waals surface area contributed by atoms with E-state index in [-0.39, 0.29) is 11.7 Å². The Labute approximate surface area is 127 Å². The SMILES string of the molecule is CCSc1cccc(Oc2ccc(C)c(F)c2)c1C(=N)N. The Morgan fingerprint density at radius 2 is 2.10 bits per heavy atom. The normalized spacial score (nSPS) is 10.4. The Morgan fingerprint density at radius 1 is 1.33 bits per heavy atom. The molecule has 110 valence electrons. The Kier molecular flexibility index (Phi) is 4.85. The molecule has 0 fully saturated rings. The number of halogens is 1. The topological polar surface area (TPSA) is 59.1 Å². The van der Waals surface area contributed by atoms with Gasteiger partial charge in [-0.15, -0.1) is 11.8 Å². The Hall–Kier alpha value is -2.01. The van der Waals surface area contributed by atoms with Gasteiger partial charge in [-0.05, 0) is 36.4 Å². The van der Waals surface area contributed by atoms with Crippen LogP contribution in [-0.2, 0) is 0 Å². The third-order valence-electron chi connectivity index (χ3n) is 2.93. The molecular weight excluding hydrogens is 287 g/mol. The maximum absolute atomic E-state index is 13.6. The zero-order valence-corrected chi connectivity index (χ0v) is 12.8. The van der Waals surface area contributed by atoms with Crippen molar-refractivity contribution < 1.29 is 9.13 Å². The zero-order chi connectivity index (χ0) is 15.4. The molecule has 3 N–H and O–H groups in total. The highest BCUT2D eigenvalue weighted by Crippen LogP contribution is 2.33. The minimum absolute atomic E-state index is 0.0610. The molecule has 2 aromatic carbocycles. The first-order valence-electron chi connectivity index (χ1n) is 6.57. The number of nitrogen functional groups attached to an aromatic ring is 1. The average Bonchev–Trinajstić information content (AvgIpc) is 2.43. The Balaban J connectivity index is 2.41. The van der Waals surface area contributed by atoms with Crippen LogP contribution < -0.4 is 10.5 Å². The summed E-state index contributed by atoms with van der Waals surface area (Å²) in [5.41, 5.74) is 6.78. The van der Waals surface area contributed by atoms with E-state index in [1.807, 2.05) is 19.1 Å². The first-order valence-corrected chi connectivity index (χ1v) is 7.55. The average molecular weight is 304 g/mol. The fourth-order valence-corrected chi connectivity index (χ4v) is 2.74. The molecule has 2 rings (SSSR count). The molecular formula is C16H17FN2OS. The maximum Gasteiger partial charge on any atom is 0.139 e. The summed E-state index contributed by atoms with van der Waals surface area (Å²) in [6, 6.07) is 10.1. The molecule has 0 saturated carbocycles. The Morgan fingerprint density at radius 3 is 2.71 bits per heavy atom. The van der Waals surface area contributed by atoms with Gasteiger partial charge in [-0.25, -0.2) is 4.39 Å². The number of thioether (sulfide) groups is 1. The number of nitrogens with two attached hydrogens (primary N) is 1. The molecule has 0 unspecified atom stereocenters. The van der Waals surface area contributed by atoms with Gasteiger partial charge < -0.3 is 10.5 Å². The largest absolute Gasteiger partial charge is 0.456 e. The molecule has 0 bridgehead atoms. The molecule has 3 nitrogen and oxygen atoms in total. The van der Waals surface area contributed by atoms with Crippen molar-refractivity contribution in [1.82, 2.24) is 0 Å². The van der Waals surface area contributed by atoms with E-state index in [0.717, 1.165) is 10.6 Å². The molecule has 2 aromatic rings. The molecule has 0 saturated heterocycles. The lowest BCUT2D eigenvalue weighted by atomic mass is 10.2. The van der Waals surface area contributed by atoms with Crippen LogP contribution in [0.4, 0.5) is 4.39 Å². The van der Waals surface area contributed by atoms with Crippen LogP contribution in [0.5, 0.6) is 11.5 Å². The summed E-state index contributed by atoms with van der Waals surface area (Å²) in [6.45, 7) is 3.72. The van der Waals surface area contributed by atoms with Crippen LogP contribution in [-0.4, -0.2) is 11.6 Å². The van der Waals surface area contributed by atoms with Gasteiger partial charge in [0, 0.05) is 11.0 Å². The van der Waals surface area contributed by atoms with Gasteiger partial charge in [0.2, 0.25) is 0 Å². The predicted molar refractivity (Wildman–Crippen MR) is 85.1 cm³/mol. The maximum atomic E-state index is 13.6. The van der Waals surface area contributed by atoms with Crippen LogP contribution in [0.15, 0.2) is 41.3 Å². The van der Waals surface area contributed by atoms with Crippen LogP contribution >= 0.6 is 11.8 Å². The van der Waals surface area contributed by atoms with Crippen LogP contribution in [0.2, 0.25) is 0 Å². The number of nitrogens with one attached hydrogen (secondary N) is 1. The monoisotopic (exact) mass is 304 g/mol. The van der Waals surface area contributed by atoms with Crippen LogP contribution in [0.1, 0.15) is 18.1 Å². The van der Waals surface area contributed by atoms with Crippen molar-refractivity contribution in [2.75, 3.05) is 5.75 Å². The summed E-state index contributed by atoms with van der Waals surface area (Å²) in [6.07, 6.45) is 0. The fraction of sp³-hybridized carbons (Fsp3) is 0.188. The summed E-state index contributed by atoms with van der Waals surface area (Å²) in [4.78, 5) is 0.884. The molecule has 0 radical (unpaired) electrons. The predicted octanol–water partition coefficient (Wildman–Crippen LogP) is 4.32. The quantitative estimate of drug-likeness (QED) is 0.491. The molecule has 0 aliphatic heterocycles. The molecule has 0 amide bonds. The third-order valence-corrected chi connectivity index (χ3v) is 3.87. The second kappa shape index (κ2) is 6.63. The zero-order valence-electron chi connectivity index (χ0n) is 11.9. The smallest absolute Gasteiger partial charge is 0.139 e. The van der Waals surface area contributed by atoms with Crippen LogP contribution in [0.25, 0.3) is 0 Å². The highest BCUT2D eigenvalue weighted by atomic mass is 32.2. The van der Waals surface area contributed by atoms with Crippen molar-refractivity contribution in [2.45, 2.75) is 18.7 Å². The molecule has 0 aliphatic carbocycles. The van der Waals surface area contributed by atoms with Crippen molar-refractivity contribution in [2.24, 2.45) is 5.73 Å². The van der Waals surface area contributed by atoms with Crippen molar-refractivity contribution in [3.05, 3.63) is 53.3 Å². The molecule has 0 spiro atoms. The van der Waals surface area contributed by atoms with Crippen molar-refractivity contribution in [3.8, 4) is 11.5 Å². The number of rotatable bonds is 5. The van der Waals surface area contributed by atoms with E-state index in [1.54, 1.807) is 36.9 Å². The van der Waals surface area contributed by atoms with E-state index in [1.165, 1.54) is 6.07 Å². The summed E-state index contributed by atoms with van der Waals surface area (Å²) in [7, 11) is 0. The summed E-state index contributed by atoms with van der Waals surface area (Å²) in [5, 5.41) is 7.75. The number of hydrogen-bond acceptors (Lipinski definition) is 3. The van der Waals surface area contributed by atoms with E-state index in [4.69, 9.17) is 15.9 Å². The number of ether oxygens (including phenoxy) is 1. The van der Waals surface area contributed by atoms with Gasteiger partial charge in [-0.1, -0.05) is 19.1 Å². The van der Waals surface area contributed by atoms with E-state index in [2.05, 4.69) is 0 Å². The van der Waals surface area contributed by atoms with Crippen molar-refractivity contribution in [1.29, 1.82) is 5.41 Å². The van der Waals surface area contributed by atoms with Gasteiger partial charge in [0.15, 0.2) is 0 Å². The van der Waals surface area contributed by atoms with E-state index < -0.39 is 0 Å². The highest BCUT2D eigenvalue weighted by Gasteiger charge is 2.13.